The largest absolute Gasteiger partial charge is 0.478 e. The first-order chi connectivity index (χ1) is 10.1. The van der Waals surface area contributed by atoms with Gasteiger partial charge in [-0.15, -0.1) is 0 Å². The molecule has 2 aliphatic heterocycles. The monoisotopic (exact) mass is 306 g/mol. The molecule has 2 aliphatic rings. The second kappa shape index (κ2) is 5.97. The van der Waals surface area contributed by atoms with E-state index in [1.165, 1.54) is 5.75 Å². The maximum absolute atomic E-state index is 12.4. The van der Waals surface area contributed by atoms with Crippen LogP contribution in [-0.2, 0) is 6.42 Å². The van der Waals surface area contributed by atoms with E-state index in [9.17, 15) is 9.59 Å². The first kappa shape index (κ1) is 14.3. The Bertz CT molecular complexity index is 570. The number of fused-ring (bicyclic) bond motifs is 1. The Morgan fingerprint density at radius 3 is 2.95 bits per heavy atom. The Labute approximate surface area is 127 Å². The Kier molecular flexibility index (Phi) is 4.05. The van der Waals surface area contributed by atoms with Crippen molar-refractivity contribution in [1.82, 2.24) is 5.32 Å². The lowest BCUT2D eigenvalue weighted by Crippen LogP contribution is -2.46. The summed E-state index contributed by atoms with van der Waals surface area (Å²) in [6, 6.07) is 5.15. The number of hydrogen-bond donors (Lipinski definition) is 2. The van der Waals surface area contributed by atoms with Crippen LogP contribution in [0.2, 0.25) is 0 Å². The highest BCUT2D eigenvalue weighted by Gasteiger charge is 2.27. The van der Waals surface area contributed by atoms with Gasteiger partial charge in [-0.05, 0) is 48.8 Å². The second-order valence-corrected chi connectivity index (χ2v) is 6.56. The van der Waals surface area contributed by atoms with Crippen LogP contribution in [0.1, 0.15) is 28.8 Å². The van der Waals surface area contributed by atoms with E-state index in [0.29, 0.717) is 13.0 Å². The number of anilines is 1. The third-order valence-electron chi connectivity index (χ3n) is 3.96. The van der Waals surface area contributed by atoms with Crippen LogP contribution in [0.3, 0.4) is 0 Å². The van der Waals surface area contributed by atoms with E-state index in [1.54, 1.807) is 23.1 Å². The third kappa shape index (κ3) is 3.00. The summed E-state index contributed by atoms with van der Waals surface area (Å²) in [6.07, 6.45) is 2.90. The van der Waals surface area contributed by atoms with Gasteiger partial charge in [-0.2, -0.15) is 11.8 Å². The Morgan fingerprint density at radius 2 is 2.24 bits per heavy atom. The zero-order valence-electron chi connectivity index (χ0n) is 11.7. The summed E-state index contributed by atoms with van der Waals surface area (Å²) < 4.78 is 0. The van der Waals surface area contributed by atoms with Gasteiger partial charge in [0.2, 0.25) is 0 Å². The second-order valence-electron chi connectivity index (χ2n) is 5.41. The number of benzene rings is 1. The number of thioether (sulfide) groups is 1. The maximum atomic E-state index is 12.4. The smallest absolute Gasteiger partial charge is 0.335 e. The molecule has 0 bridgehead atoms. The standard InChI is InChI=1S/C15H18N2O3S/c18-14(19)11-3-4-13-10(8-11)5-6-17(13)15(20)16-12-2-1-7-21-9-12/h3-4,8,12H,1-2,5-7,9H2,(H,16,20)(H,18,19). The molecule has 1 fully saturated rings. The number of rotatable bonds is 2. The van der Waals surface area contributed by atoms with E-state index in [-0.39, 0.29) is 17.6 Å². The molecule has 21 heavy (non-hydrogen) atoms. The molecular formula is C15H18N2O3S. The van der Waals surface area contributed by atoms with Gasteiger partial charge in [0, 0.05) is 24.0 Å². The van der Waals surface area contributed by atoms with Gasteiger partial charge in [0.1, 0.15) is 0 Å². The number of carbonyl (C=O) groups excluding carboxylic acids is 1. The zero-order valence-corrected chi connectivity index (χ0v) is 12.5. The predicted molar refractivity (Wildman–Crippen MR) is 83.3 cm³/mol. The SMILES string of the molecule is O=C(O)c1ccc2c(c1)CCN2C(=O)NC1CCCSC1. The fourth-order valence-corrected chi connectivity index (χ4v) is 3.92. The van der Waals surface area contributed by atoms with Crippen LogP contribution >= 0.6 is 11.8 Å². The molecule has 3 rings (SSSR count). The number of nitrogens with one attached hydrogen (secondary N) is 1. The molecule has 1 atom stereocenters. The van der Waals surface area contributed by atoms with Crippen molar-refractivity contribution in [2.75, 3.05) is 23.0 Å². The minimum absolute atomic E-state index is 0.0654. The van der Waals surface area contributed by atoms with E-state index in [2.05, 4.69) is 5.32 Å². The number of carboxylic acids is 1. The molecule has 0 spiro atoms. The molecule has 2 heterocycles. The van der Waals surface area contributed by atoms with E-state index >= 15 is 0 Å². The lowest BCUT2D eigenvalue weighted by Gasteiger charge is -2.26. The van der Waals surface area contributed by atoms with Gasteiger partial charge in [-0.25, -0.2) is 9.59 Å². The van der Waals surface area contributed by atoms with Crippen molar-refractivity contribution in [1.29, 1.82) is 0 Å². The Balaban J connectivity index is 1.71. The van der Waals surface area contributed by atoms with E-state index in [4.69, 9.17) is 5.11 Å². The predicted octanol–water partition coefficient (Wildman–Crippen LogP) is 2.35. The summed E-state index contributed by atoms with van der Waals surface area (Å²) in [5, 5.41) is 12.1. The fourth-order valence-electron chi connectivity index (χ4n) is 2.85. The lowest BCUT2D eigenvalue weighted by atomic mass is 10.1. The van der Waals surface area contributed by atoms with E-state index < -0.39 is 5.97 Å². The molecule has 2 amide bonds. The summed E-state index contributed by atoms with van der Waals surface area (Å²) in [4.78, 5) is 25.1. The van der Waals surface area contributed by atoms with Gasteiger partial charge < -0.3 is 10.4 Å². The molecule has 1 unspecified atom stereocenters. The number of urea groups is 1. The molecule has 112 valence electrons. The fraction of sp³-hybridized carbons (Fsp3) is 0.467. The van der Waals surface area contributed by atoms with Gasteiger partial charge in [0.25, 0.3) is 0 Å². The summed E-state index contributed by atoms with van der Waals surface area (Å²) in [5.74, 6) is 1.22. The summed E-state index contributed by atoms with van der Waals surface area (Å²) in [6.45, 7) is 0.615. The molecule has 1 saturated heterocycles. The molecule has 0 aliphatic carbocycles. The van der Waals surface area contributed by atoms with Crippen LogP contribution in [-0.4, -0.2) is 41.2 Å². The zero-order chi connectivity index (χ0) is 14.8. The number of amides is 2. The van der Waals surface area contributed by atoms with Crippen molar-refractivity contribution in [2.24, 2.45) is 0 Å². The van der Waals surface area contributed by atoms with Gasteiger partial charge in [-0.1, -0.05) is 0 Å². The van der Waals surface area contributed by atoms with Crippen molar-refractivity contribution in [3.8, 4) is 0 Å². The molecule has 6 heteroatoms. The van der Waals surface area contributed by atoms with Crippen molar-refractivity contribution < 1.29 is 14.7 Å². The quantitative estimate of drug-likeness (QED) is 0.880. The topological polar surface area (TPSA) is 69.6 Å². The van der Waals surface area contributed by atoms with Gasteiger partial charge in [-0.3, -0.25) is 4.90 Å². The summed E-state index contributed by atoms with van der Waals surface area (Å²) in [5.41, 5.74) is 2.05. The van der Waals surface area contributed by atoms with Crippen molar-refractivity contribution in [3.05, 3.63) is 29.3 Å². The molecule has 0 aromatic heterocycles. The van der Waals surface area contributed by atoms with E-state index in [0.717, 1.165) is 29.8 Å². The Morgan fingerprint density at radius 1 is 1.38 bits per heavy atom. The minimum Gasteiger partial charge on any atom is -0.478 e. The first-order valence-corrected chi connectivity index (χ1v) is 8.32. The van der Waals surface area contributed by atoms with E-state index in [1.807, 2.05) is 11.8 Å². The van der Waals surface area contributed by atoms with Crippen molar-refractivity contribution in [2.45, 2.75) is 25.3 Å². The van der Waals surface area contributed by atoms with Gasteiger partial charge >= 0.3 is 12.0 Å². The number of hydrogen-bond acceptors (Lipinski definition) is 3. The van der Waals surface area contributed by atoms with Crippen LogP contribution in [0.5, 0.6) is 0 Å². The average molecular weight is 306 g/mol. The van der Waals surface area contributed by atoms with Crippen LogP contribution in [0.4, 0.5) is 10.5 Å². The van der Waals surface area contributed by atoms with Crippen molar-refractivity contribution in [3.63, 3.8) is 0 Å². The van der Waals surface area contributed by atoms with Crippen LogP contribution in [0.15, 0.2) is 18.2 Å². The Hall–Kier alpha value is -1.69. The number of nitrogens with zero attached hydrogens (tertiary/aromatic N) is 1. The number of aromatic carboxylic acids is 1. The summed E-state index contributed by atoms with van der Waals surface area (Å²) >= 11 is 1.88. The minimum atomic E-state index is -0.931. The van der Waals surface area contributed by atoms with Crippen LogP contribution in [0, 0.1) is 0 Å². The highest BCUT2D eigenvalue weighted by Crippen LogP contribution is 2.29. The molecule has 0 saturated carbocycles. The molecule has 1 aromatic rings. The molecule has 2 N–H and O–H groups in total. The molecular weight excluding hydrogens is 288 g/mol. The van der Waals surface area contributed by atoms with Crippen LogP contribution < -0.4 is 10.2 Å². The average Bonchev–Trinajstić information content (AvgIpc) is 2.91. The molecule has 0 radical (unpaired) electrons. The van der Waals surface area contributed by atoms with Gasteiger partial charge in [0.05, 0.1) is 5.56 Å². The van der Waals surface area contributed by atoms with Crippen LogP contribution in [0.25, 0.3) is 0 Å². The number of carbonyl (C=O) groups is 2. The first-order valence-electron chi connectivity index (χ1n) is 7.17. The highest BCUT2D eigenvalue weighted by atomic mass is 32.2. The summed E-state index contributed by atoms with van der Waals surface area (Å²) in [7, 11) is 0. The third-order valence-corrected chi connectivity index (χ3v) is 5.17. The maximum Gasteiger partial charge on any atom is 0.335 e. The van der Waals surface area contributed by atoms with Crippen molar-refractivity contribution >= 4 is 29.4 Å². The van der Waals surface area contributed by atoms with Gasteiger partial charge in [0.15, 0.2) is 0 Å². The molecule has 1 aromatic carbocycles. The molecule has 5 nitrogen and oxygen atoms in total. The normalized spacial score (nSPS) is 21.0. The lowest BCUT2D eigenvalue weighted by molar-refractivity contribution is 0.0697. The number of carboxylic acid groups (broad SMARTS) is 1. The highest BCUT2D eigenvalue weighted by molar-refractivity contribution is 7.99.